The minimum absolute atomic E-state index is 0.410. The van der Waals surface area contributed by atoms with E-state index in [-0.39, 0.29) is 0 Å². The molecule has 176 valence electrons. The van der Waals surface area contributed by atoms with Crippen LogP contribution >= 0.6 is 0 Å². The summed E-state index contributed by atoms with van der Waals surface area (Å²) in [6, 6.07) is 9.14. The number of hydrogen-bond acceptors (Lipinski definition) is 11. The van der Waals surface area contributed by atoms with E-state index in [1.807, 2.05) is 30.3 Å². The fourth-order valence-electron chi connectivity index (χ4n) is 3.57. The van der Waals surface area contributed by atoms with E-state index in [2.05, 4.69) is 0 Å². The van der Waals surface area contributed by atoms with Gasteiger partial charge >= 0.3 is 0 Å². The molecule has 2 fully saturated rings. The van der Waals surface area contributed by atoms with Gasteiger partial charge in [-0.1, -0.05) is 30.3 Å². The molecule has 31 heavy (non-hydrogen) atoms. The number of benzene rings is 1. The second kappa shape index (κ2) is 10.6. The van der Waals surface area contributed by atoms with Gasteiger partial charge in [0.2, 0.25) is 0 Å². The van der Waals surface area contributed by atoms with Gasteiger partial charge in [-0.25, -0.2) is 0 Å². The summed E-state index contributed by atoms with van der Waals surface area (Å²) in [5.41, 5.74) is 0.813. The molecule has 0 saturated carbocycles. The van der Waals surface area contributed by atoms with Gasteiger partial charge in [0.15, 0.2) is 12.6 Å². The first-order chi connectivity index (χ1) is 14.7. The first-order valence-electron chi connectivity index (χ1n) is 10.1. The molecule has 11 nitrogen and oxygen atoms in total. The molecule has 3 rings (SSSR count). The van der Waals surface area contributed by atoms with Gasteiger partial charge in [0.1, 0.15) is 48.8 Å². The van der Waals surface area contributed by atoms with Crippen LogP contribution < -0.4 is 0 Å². The van der Waals surface area contributed by atoms with Crippen LogP contribution in [0.1, 0.15) is 18.6 Å². The average Bonchev–Trinajstić information content (AvgIpc) is 2.78. The first kappa shape index (κ1) is 24.4. The Labute approximate surface area is 179 Å². The van der Waals surface area contributed by atoms with E-state index in [0.29, 0.717) is 0 Å². The molecule has 2 saturated heterocycles. The largest absolute Gasteiger partial charge is 0.394 e. The van der Waals surface area contributed by atoms with Crippen LogP contribution in [0.2, 0.25) is 0 Å². The molecule has 0 unspecified atom stereocenters. The highest BCUT2D eigenvalue weighted by atomic mass is 16.7. The van der Waals surface area contributed by atoms with Crippen molar-refractivity contribution in [2.24, 2.45) is 0 Å². The Hall–Kier alpha value is -1.22. The quantitative estimate of drug-likeness (QED) is 0.233. The first-order valence-corrected chi connectivity index (χ1v) is 10.1. The molecule has 0 aliphatic carbocycles. The van der Waals surface area contributed by atoms with E-state index in [0.717, 1.165) is 5.56 Å². The Morgan fingerprint density at radius 3 is 1.94 bits per heavy atom. The van der Waals surface area contributed by atoms with Crippen molar-refractivity contribution in [3.8, 4) is 0 Å². The van der Waals surface area contributed by atoms with Crippen molar-refractivity contribution in [2.45, 2.75) is 74.4 Å². The molecular formula is C20H30O11. The zero-order valence-electron chi connectivity index (χ0n) is 16.9. The number of rotatable bonds is 7. The van der Waals surface area contributed by atoms with E-state index in [9.17, 15) is 35.7 Å². The predicted octanol–water partition coefficient (Wildman–Crippen LogP) is -2.61. The summed E-state index contributed by atoms with van der Waals surface area (Å²) in [5.74, 6) is 0. The molecule has 2 aliphatic rings. The van der Waals surface area contributed by atoms with Crippen LogP contribution in [0.3, 0.4) is 0 Å². The lowest BCUT2D eigenvalue weighted by atomic mass is 9.98. The zero-order chi connectivity index (χ0) is 22.7. The Bertz CT molecular complexity index is 674. The van der Waals surface area contributed by atoms with Crippen LogP contribution in [0.4, 0.5) is 0 Å². The molecule has 0 spiro atoms. The standard InChI is InChI=1S/C20H30O11/c1-9(10-5-3-2-4-6-10)29-20-18(27)16(25)14(23)12(31-20)8-28-19-17(26)15(24)13(22)11(7-21)30-19/h2-6,9,11-27H,7-8H2,1H3/t9-,11-,12-,13-,14-,15+,16+,17-,18-,19-,20+/m1/s1. The third kappa shape index (κ3) is 5.41. The maximum absolute atomic E-state index is 10.3. The summed E-state index contributed by atoms with van der Waals surface area (Å²) in [4.78, 5) is 0. The summed E-state index contributed by atoms with van der Waals surface area (Å²) in [6.07, 6.45) is -15.0. The Kier molecular flexibility index (Phi) is 8.35. The van der Waals surface area contributed by atoms with Gasteiger partial charge in [0.25, 0.3) is 0 Å². The lowest BCUT2D eigenvalue weighted by molar-refractivity contribution is -0.335. The normalized spacial score (nSPS) is 42.3. The molecule has 2 heterocycles. The molecule has 11 atom stereocenters. The second-order valence-corrected chi connectivity index (χ2v) is 7.73. The third-order valence-corrected chi connectivity index (χ3v) is 5.55. The van der Waals surface area contributed by atoms with Gasteiger partial charge < -0.3 is 54.7 Å². The molecule has 1 aromatic rings. The van der Waals surface area contributed by atoms with Crippen molar-refractivity contribution in [3.63, 3.8) is 0 Å². The maximum Gasteiger partial charge on any atom is 0.187 e. The number of ether oxygens (including phenoxy) is 4. The Balaban J connectivity index is 1.62. The monoisotopic (exact) mass is 446 g/mol. The van der Waals surface area contributed by atoms with Gasteiger partial charge in [-0.05, 0) is 12.5 Å². The van der Waals surface area contributed by atoms with E-state index in [4.69, 9.17) is 18.9 Å². The summed E-state index contributed by atoms with van der Waals surface area (Å²) in [7, 11) is 0. The lowest BCUT2D eigenvalue weighted by Crippen LogP contribution is -2.61. The SMILES string of the molecule is C[C@@H](O[C@H]1O[C@H](CO[C@@H]2O[C@H](CO)[C@@H](O)[C@H](O)[C@H]2O)[C@@H](O)[C@H](O)[C@H]1O)c1ccccc1. The zero-order valence-corrected chi connectivity index (χ0v) is 16.9. The van der Waals surface area contributed by atoms with Crippen LogP contribution in [0.25, 0.3) is 0 Å². The minimum atomic E-state index is -1.63. The van der Waals surface area contributed by atoms with Gasteiger partial charge in [0, 0.05) is 0 Å². The highest BCUT2D eigenvalue weighted by Crippen LogP contribution is 2.28. The molecular weight excluding hydrogens is 416 g/mol. The van der Waals surface area contributed by atoms with Gasteiger partial charge in [0.05, 0.1) is 19.3 Å². The highest BCUT2D eigenvalue weighted by Gasteiger charge is 2.47. The summed E-state index contributed by atoms with van der Waals surface area (Å²) in [5, 5.41) is 69.7. The number of hydrogen-bond donors (Lipinski definition) is 7. The van der Waals surface area contributed by atoms with Crippen molar-refractivity contribution >= 4 is 0 Å². The molecule has 0 radical (unpaired) electrons. The molecule has 2 aliphatic heterocycles. The smallest absolute Gasteiger partial charge is 0.187 e. The predicted molar refractivity (Wildman–Crippen MR) is 102 cm³/mol. The van der Waals surface area contributed by atoms with Crippen LogP contribution in [0.5, 0.6) is 0 Å². The van der Waals surface area contributed by atoms with E-state index in [1.165, 1.54) is 0 Å². The molecule has 7 N–H and O–H groups in total. The molecule has 1 aromatic carbocycles. The van der Waals surface area contributed by atoms with Crippen LogP contribution in [-0.4, -0.2) is 110 Å². The van der Waals surface area contributed by atoms with Crippen LogP contribution in [0, 0.1) is 0 Å². The lowest BCUT2D eigenvalue weighted by Gasteiger charge is -2.43. The molecule has 11 heteroatoms. The molecule has 0 amide bonds. The van der Waals surface area contributed by atoms with Crippen molar-refractivity contribution in [1.29, 1.82) is 0 Å². The molecule has 0 bridgehead atoms. The van der Waals surface area contributed by atoms with E-state index < -0.39 is 80.7 Å². The van der Waals surface area contributed by atoms with Crippen molar-refractivity contribution in [1.82, 2.24) is 0 Å². The van der Waals surface area contributed by atoms with Gasteiger partial charge in [-0.2, -0.15) is 0 Å². The minimum Gasteiger partial charge on any atom is -0.394 e. The third-order valence-electron chi connectivity index (χ3n) is 5.55. The fraction of sp³-hybridized carbons (Fsp3) is 0.700. The Morgan fingerprint density at radius 1 is 0.774 bits per heavy atom. The van der Waals surface area contributed by atoms with Crippen molar-refractivity contribution in [2.75, 3.05) is 13.2 Å². The highest BCUT2D eigenvalue weighted by molar-refractivity contribution is 5.16. The van der Waals surface area contributed by atoms with Crippen LogP contribution in [0.15, 0.2) is 30.3 Å². The number of aliphatic hydroxyl groups is 7. The average molecular weight is 446 g/mol. The van der Waals surface area contributed by atoms with Crippen LogP contribution in [-0.2, 0) is 18.9 Å². The summed E-state index contributed by atoms with van der Waals surface area (Å²) in [6.45, 7) is 0.709. The summed E-state index contributed by atoms with van der Waals surface area (Å²) >= 11 is 0. The van der Waals surface area contributed by atoms with Crippen molar-refractivity contribution < 1.29 is 54.7 Å². The second-order valence-electron chi connectivity index (χ2n) is 7.73. The van der Waals surface area contributed by atoms with Gasteiger partial charge in [-0.3, -0.25) is 0 Å². The van der Waals surface area contributed by atoms with E-state index in [1.54, 1.807) is 6.92 Å². The summed E-state index contributed by atoms with van der Waals surface area (Å²) < 4.78 is 22.0. The Morgan fingerprint density at radius 2 is 1.32 bits per heavy atom. The molecule has 0 aromatic heterocycles. The maximum atomic E-state index is 10.3. The fourth-order valence-corrected chi connectivity index (χ4v) is 3.57. The van der Waals surface area contributed by atoms with E-state index >= 15 is 0 Å². The topological polar surface area (TPSA) is 179 Å². The van der Waals surface area contributed by atoms with Crippen molar-refractivity contribution in [3.05, 3.63) is 35.9 Å². The number of aliphatic hydroxyl groups excluding tert-OH is 7. The van der Waals surface area contributed by atoms with Gasteiger partial charge in [-0.15, -0.1) is 0 Å².